The number of rotatable bonds is 10. The number of carboxylic acid groups (broad SMARTS) is 1. The first kappa shape index (κ1) is 117. The maximum absolute atomic E-state index is 12.5. The van der Waals surface area contributed by atoms with Crippen molar-refractivity contribution < 1.29 is 122 Å². The van der Waals surface area contributed by atoms with Gasteiger partial charge in [0.15, 0.2) is 12.0 Å². The number of para-hydroxylation sites is 4. The molecule has 7 aromatic rings. The summed E-state index contributed by atoms with van der Waals surface area (Å²) in [4.78, 5) is 52.1. The van der Waals surface area contributed by atoms with Gasteiger partial charge in [-0.2, -0.15) is 13.0 Å². The van der Waals surface area contributed by atoms with Crippen LogP contribution in [0.15, 0.2) is 203 Å². The fraction of sp³-hybridized carbons (Fsp3) is 0.518. The number of fused-ring (bicyclic) bond motifs is 4. The predicted octanol–water partition coefficient (Wildman–Crippen LogP) is 20.2. The normalized spacial score (nSPS) is 20.0. The van der Waals surface area contributed by atoms with Crippen LogP contribution in [-0.2, 0) is 81.2 Å². The number of hydrogen-bond acceptors (Lipinski definition) is 20. The molecule has 25 nitrogen and oxygen atoms in total. The lowest BCUT2D eigenvalue weighted by molar-refractivity contribution is -0.669. The van der Waals surface area contributed by atoms with E-state index in [1.165, 1.54) is 23.1 Å². The summed E-state index contributed by atoms with van der Waals surface area (Å²) in [7, 11) is -3.05. The minimum Gasteiger partial charge on any atom is -1.00 e. The highest BCUT2D eigenvalue weighted by atomic mass is 127. The number of benzene rings is 6. The first-order valence-corrected chi connectivity index (χ1v) is 53.4. The van der Waals surface area contributed by atoms with Crippen LogP contribution in [-0.4, -0.2) is 199 Å². The van der Waals surface area contributed by atoms with Gasteiger partial charge in [-0.1, -0.05) is 129 Å². The SMILES string of the molecule is CC(C)(C)OC(=O)N1CCC2(C=C(B3OC(C)(C)C(C)(C)O3)c3ccccc3O2)CC1.CC1(C)OB(B2OC(C)(C)C(C)(C)O2)OC1(C)C.CC1=CC2(CCN(C(=O)OC(C)(C)C)CC2)Oc2ccccc21.CC1=CC2(CCNCC2)Oc2ccccc21.CCN(CC)C(=O)Cc1ccc(Br)cc1.CS(=O)(=O)OC1=CC2(CCCCC2)Oc2ccccc21.C[n+]1ccccc1Cl.O=C(O)Cc1ccc(Br)cc1.[I-]. The van der Waals surface area contributed by atoms with Crippen molar-refractivity contribution >= 4 is 121 Å². The third-order valence-electron chi connectivity index (χ3n) is 27.8. The number of carbonyl (C=O) groups is 4. The van der Waals surface area contributed by atoms with Gasteiger partial charge in [0.2, 0.25) is 5.91 Å². The van der Waals surface area contributed by atoms with Crippen molar-refractivity contribution in [2.75, 3.05) is 58.6 Å². The lowest BCUT2D eigenvalue weighted by Gasteiger charge is -2.43. The molecule has 776 valence electrons. The van der Waals surface area contributed by atoms with Gasteiger partial charge in [0.25, 0.3) is 5.15 Å². The number of likely N-dealkylation sites (N-methyl/N-ethyl adjacent to an activating group) is 1. The van der Waals surface area contributed by atoms with Crippen molar-refractivity contribution in [1.82, 2.24) is 20.0 Å². The van der Waals surface area contributed by atoms with E-state index in [2.05, 4.69) is 127 Å². The molecule has 4 spiro atoms. The number of likely N-dealkylation sites (tertiary alicyclic amines) is 2. The van der Waals surface area contributed by atoms with Crippen LogP contribution in [0, 0.1) is 0 Å². The monoisotopic (exact) mass is 2240 g/mol. The second kappa shape index (κ2) is 48.4. The number of allylic oxidation sites excluding steroid dienone is 2. The van der Waals surface area contributed by atoms with E-state index in [4.69, 9.17) is 77.2 Å². The highest BCUT2D eigenvalue weighted by Gasteiger charge is 2.64. The van der Waals surface area contributed by atoms with Crippen LogP contribution in [0.1, 0.15) is 256 Å². The second-order valence-electron chi connectivity index (χ2n) is 43.0. The number of halogens is 4. The fourth-order valence-corrected chi connectivity index (χ4v) is 19.0. The van der Waals surface area contributed by atoms with E-state index in [1.807, 2.05) is 261 Å². The largest absolute Gasteiger partial charge is 1.00 e. The van der Waals surface area contributed by atoms with E-state index in [0.29, 0.717) is 62.5 Å². The molecule has 11 aliphatic rings. The molecule has 33 heteroatoms. The molecule has 1 aliphatic carbocycles. The molecule has 143 heavy (non-hydrogen) atoms. The average Bonchev–Trinajstić information content (AvgIpc) is 1.66. The third kappa shape index (κ3) is 31.7. The minimum atomic E-state index is -3.55. The number of nitrogens with zero attached hydrogens (tertiary/aromatic N) is 4. The van der Waals surface area contributed by atoms with Gasteiger partial charge in [0.05, 0.1) is 58.3 Å². The van der Waals surface area contributed by atoms with E-state index in [0.717, 1.165) is 143 Å². The Morgan fingerprint density at radius 2 is 0.811 bits per heavy atom. The zero-order valence-corrected chi connectivity index (χ0v) is 94.9. The standard InChI is InChI=1S/C24H34BNO5.C19H25NO3.C15H18O4S.C14H17NO.C12H24B2O4.C12H16BrNO.C8H7BrO2.C6H7ClN.HI/c1-21(2,3)29-20(27)26-14-12-24(13-15-26)16-18(17-10-8-9-11-19(17)28-24)25-30-22(4,5)23(6,7)31-25;1-14-13-19(22-16-8-6-5-7-15(14)16)9-11-20(12-10-19)17(21)23-18(2,3)4;1-20(16,17)19-14-11-15(9-5-2-6-10-15)18-13-8-4-3-7-12(13)14;1-11-10-14(6-8-15-9-7-14)16-13-5-3-2-4-12(11)13;1-9(2)10(3,4)16-13(15-9)14-17-11(5,6)12(7,8)18-14;1-3-14(4-2)12(15)9-10-5-7-11(13)8-6-10;9-7-3-1-6(2-4-7)5-8(10)11;1-8-5-3-2-4-6(8)7;/h8-11,16H,12-15H2,1-7H3;5-8,13H,9-12H2,1-4H3;3-4,7-8,11H,2,5-6,9-10H2,1H3;2-5,10,15H,6-9H2,1H3;1-8H3;5-8H,3-4,9H2,1-2H3;1-4H,5H2,(H,10,11);2-5H,1H3;1H/q;;;;;;;+1;/p-1. The summed E-state index contributed by atoms with van der Waals surface area (Å²) < 4.78 is 105. The van der Waals surface area contributed by atoms with Crippen molar-refractivity contribution in [3.05, 3.63) is 242 Å². The lowest BCUT2D eigenvalue weighted by atomic mass is 9.49. The molecule has 0 bridgehead atoms. The Labute approximate surface area is 889 Å². The number of amides is 3. The van der Waals surface area contributed by atoms with E-state index >= 15 is 0 Å². The molecule has 0 atom stereocenters. The van der Waals surface area contributed by atoms with E-state index in [-0.39, 0.29) is 82.1 Å². The number of aromatic nitrogens is 1. The van der Waals surface area contributed by atoms with Crippen molar-refractivity contribution in [3.8, 4) is 23.0 Å². The van der Waals surface area contributed by atoms with E-state index in [1.54, 1.807) is 21.9 Å². The number of ether oxygens (including phenoxy) is 6. The van der Waals surface area contributed by atoms with Gasteiger partial charge < -0.3 is 110 Å². The molecule has 3 amide bonds. The summed E-state index contributed by atoms with van der Waals surface area (Å²) in [6.07, 6.45) is 21.9. The molecule has 2 N–H and O–H groups in total. The molecule has 10 aliphatic heterocycles. The molecule has 7 fully saturated rings. The molecule has 18 rings (SSSR count). The summed E-state index contributed by atoms with van der Waals surface area (Å²) in [5.74, 6) is 3.32. The maximum Gasteiger partial charge on any atom is 0.495 e. The summed E-state index contributed by atoms with van der Waals surface area (Å²) >= 11 is 12.3. The number of hydrogen-bond donors (Lipinski definition) is 2. The summed E-state index contributed by atoms with van der Waals surface area (Å²) in [6.45, 7) is 50.2. The Hall–Kier alpha value is -8.25. The second-order valence-corrected chi connectivity index (χ2v) is 46.8. The lowest BCUT2D eigenvalue weighted by Crippen LogP contribution is -3.00. The zero-order chi connectivity index (χ0) is 104. The number of piperidine rings is 3. The van der Waals surface area contributed by atoms with Crippen LogP contribution in [0.4, 0.5) is 9.59 Å². The van der Waals surface area contributed by atoms with Crippen LogP contribution in [0.5, 0.6) is 23.0 Å². The summed E-state index contributed by atoms with van der Waals surface area (Å²) in [6, 6.07) is 52.7. The summed E-state index contributed by atoms with van der Waals surface area (Å²) in [5, 5.41) is 12.6. The van der Waals surface area contributed by atoms with Gasteiger partial charge in [-0.3, -0.25) is 9.59 Å². The number of aryl methyl sites for hydroxylation is 1. The molecule has 0 unspecified atom stereocenters. The van der Waals surface area contributed by atoms with Gasteiger partial charge >= 0.3 is 49.4 Å². The first-order chi connectivity index (χ1) is 66.4. The maximum atomic E-state index is 12.5. The van der Waals surface area contributed by atoms with Gasteiger partial charge in [0.1, 0.15) is 63.7 Å². The average molecular weight is 2250 g/mol. The highest BCUT2D eigenvalue weighted by molar-refractivity contribution is 9.10. The van der Waals surface area contributed by atoms with Crippen molar-refractivity contribution in [2.24, 2.45) is 7.05 Å². The number of pyridine rings is 1. The van der Waals surface area contributed by atoms with Gasteiger partial charge in [-0.15, -0.1) is 0 Å². The van der Waals surface area contributed by atoms with Crippen LogP contribution >= 0.6 is 43.5 Å². The van der Waals surface area contributed by atoms with E-state index < -0.39 is 70.8 Å². The number of aliphatic carboxylic acids is 1. The predicted molar refractivity (Wildman–Crippen MR) is 570 cm³/mol. The molecule has 1 saturated carbocycles. The number of nitrogens with one attached hydrogen (secondary N) is 1. The smallest absolute Gasteiger partial charge is 0.495 e. The molecule has 0 radical (unpaired) electrons. The molecular formula is C110H148B3Br2ClIN5O20S. The van der Waals surface area contributed by atoms with Crippen molar-refractivity contribution in [3.63, 3.8) is 0 Å². The Morgan fingerprint density at radius 3 is 1.18 bits per heavy atom. The van der Waals surface area contributed by atoms with Crippen LogP contribution in [0.3, 0.4) is 0 Å². The minimum absolute atomic E-state index is 0. The molecule has 6 saturated heterocycles. The highest BCUT2D eigenvalue weighted by Crippen LogP contribution is 2.50. The van der Waals surface area contributed by atoms with E-state index in [9.17, 15) is 27.6 Å². The topological polar surface area (TPSA) is 268 Å². The molecule has 1 aromatic heterocycles. The quantitative estimate of drug-likeness (QED) is 0.0423. The molecule has 6 aromatic carbocycles. The third-order valence-corrected chi connectivity index (χ3v) is 29.8. The Kier molecular flexibility index (Phi) is 39.5. The van der Waals surface area contributed by atoms with Gasteiger partial charge in [-0.25, -0.2) is 9.59 Å². The fourth-order valence-electron chi connectivity index (χ4n) is 17.8. The van der Waals surface area contributed by atoms with Gasteiger partial charge in [-0.05, 0) is 309 Å². The van der Waals surface area contributed by atoms with Crippen molar-refractivity contribution in [2.45, 2.75) is 303 Å². The zero-order valence-electron chi connectivity index (χ0n) is 88.0. The number of carbonyl (C=O) groups excluding carboxylic acids is 3. The Morgan fingerprint density at radius 1 is 0.469 bits per heavy atom. The Balaban J connectivity index is 0.000000172. The Bertz CT molecular complexity index is 5650. The molecular weight excluding hydrogens is 2100 g/mol. The molecule has 11 heterocycles. The van der Waals surface area contributed by atoms with Crippen LogP contribution in [0.2, 0.25) is 5.15 Å². The number of carboxylic acids is 1. The first-order valence-electron chi connectivity index (χ1n) is 49.6. The van der Waals surface area contributed by atoms with Crippen LogP contribution in [0.25, 0.3) is 22.4 Å². The summed E-state index contributed by atoms with van der Waals surface area (Å²) in [5.41, 5.74) is 5.11. The van der Waals surface area contributed by atoms with Gasteiger partial charge in [0, 0.05) is 122 Å². The van der Waals surface area contributed by atoms with Crippen molar-refractivity contribution in [1.29, 1.82) is 0 Å². The van der Waals surface area contributed by atoms with Crippen LogP contribution < -0.4 is 52.8 Å².